The fourth-order valence-corrected chi connectivity index (χ4v) is 2.89. The maximum absolute atomic E-state index is 13.6. The van der Waals surface area contributed by atoms with E-state index in [1.165, 1.54) is 6.07 Å². The predicted molar refractivity (Wildman–Crippen MR) is 74.3 cm³/mol. The Morgan fingerprint density at radius 2 is 1.86 bits per heavy atom. The van der Waals surface area contributed by atoms with Crippen LogP contribution in [0.4, 0.5) is 8.78 Å². The van der Waals surface area contributed by atoms with Crippen LogP contribution in [0.3, 0.4) is 0 Å². The van der Waals surface area contributed by atoms with Crippen LogP contribution in [0.5, 0.6) is 0 Å². The van der Waals surface area contributed by atoms with E-state index >= 15 is 0 Å². The van der Waals surface area contributed by atoms with Crippen LogP contribution in [0.1, 0.15) is 43.8 Å². The first-order valence-corrected chi connectivity index (χ1v) is 7.13. The Morgan fingerprint density at radius 3 is 2.38 bits per heavy atom. The van der Waals surface area contributed by atoms with Gasteiger partial charge in [0.2, 0.25) is 5.91 Å². The van der Waals surface area contributed by atoms with Gasteiger partial charge in [0.25, 0.3) is 0 Å². The molecule has 1 amide bonds. The number of primary amides is 1. The molecule has 0 aliphatic heterocycles. The van der Waals surface area contributed by atoms with E-state index in [-0.39, 0.29) is 12.1 Å². The van der Waals surface area contributed by atoms with Gasteiger partial charge < -0.3 is 16.2 Å². The number of nitrogens with two attached hydrogens (primary N) is 1. The first kappa shape index (κ1) is 15.9. The third kappa shape index (κ3) is 3.39. The van der Waals surface area contributed by atoms with Crippen LogP contribution >= 0.6 is 0 Å². The molecule has 116 valence electrons. The average Bonchev–Trinajstić information content (AvgIpc) is 2.46. The smallest absolute Gasteiger partial charge is 0.237 e. The summed E-state index contributed by atoms with van der Waals surface area (Å²) in [4.78, 5) is 11.7. The van der Waals surface area contributed by atoms with Gasteiger partial charge in [-0.3, -0.25) is 4.79 Å². The van der Waals surface area contributed by atoms with Crippen LogP contribution in [-0.2, 0) is 4.79 Å². The van der Waals surface area contributed by atoms with Crippen molar-refractivity contribution in [1.29, 1.82) is 0 Å². The first-order valence-electron chi connectivity index (χ1n) is 7.13. The molecule has 6 heteroatoms. The number of carbonyl (C=O) groups is 1. The van der Waals surface area contributed by atoms with Crippen LogP contribution in [0.25, 0.3) is 0 Å². The lowest BCUT2D eigenvalue weighted by molar-refractivity contribution is -0.126. The number of carbonyl (C=O) groups excluding carboxylic acids is 1. The third-order valence-electron chi connectivity index (χ3n) is 4.15. The molecular weight excluding hydrogens is 278 g/mol. The topological polar surface area (TPSA) is 75.4 Å². The normalized spacial score (nSPS) is 19.2. The number of nitrogens with one attached hydrogen (secondary N) is 1. The second kappa shape index (κ2) is 6.49. The van der Waals surface area contributed by atoms with E-state index in [4.69, 9.17) is 5.73 Å². The van der Waals surface area contributed by atoms with E-state index in [2.05, 4.69) is 5.32 Å². The Bertz CT molecular complexity index is 496. The molecule has 4 nitrogen and oxygen atoms in total. The van der Waals surface area contributed by atoms with E-state index in [1.54, 1.807) is 0 Å². The second-order valence-corrected chi connectivity index (χ2v) is 5.54. The van der Waals surface area contributed by atoms with Crippen molar-refractivity contribution in [2.24, 2.45) is 5.73 Å². The predicted octanol–water partition coefficient (Wildman–Crippen LogP) is 1.78. The number of halogens is 2. The summed E-state index contributed by atoms with van der Waals surface area (Å²) in [5.41, 5.74) is 4.18. The van der Waals surface area contributed by atoms with E-state index in [0.717, 1.165) is 31.4 Å². The molecule has 0 radical (unpaired) electrons. The van der Waals surface area contributed by atoms with Gasteiger partial charge in [-0.05, 0) is 25.0 Å². The minimum Gasteiger partial charge on any atom is -0.387 e. The van der Waals surface area contributed by atoms with Gasteiger partial charge in [0.15, 0.2) is 0 Å². The van der Waals surface area contributed by atoms with Crippen molar-refractivity contribution in [1.82, 2.24) is 5.32 Å². The van der Waals surface area contributed by atoms with Crippen LogP contribution in [-0.4, -0.2) is 23.1 Å². The summed E-state index contributed by atoms with van der Waals surface area (Å²) < 4.78 is 27.2. The van der Waals surface area contributed by atoms with Gasteiger partial charge in [-0.15, -0.1) is 0 Å². The highest BCUT2D eigenvalue weighted by Gasteiger charge is 2.38. The molecule has 1 unspecified atom stereocenters. The van der Waals surface area contributed by atoms with Crippen molar-refractivity contribution in [2.75, 3.05) is 6.54 Å². The number of amides is 1. The lowest BCUT2D eigenvalue weighted by Gasteiger charge is -2.36. The van der Waals surface area contributed by atoms with Crippen LogP contribution in [0, 0.1) is 11.6 Å². The molecule has 1 aromatic carbocycles. The van der Waals surface area contributed by atoms with Crippen molar-refractivity contribution >= 4 is 5.91 Å². The van der Waals surface area contributed by atoms with E-state index in [1.807, 2.05) is 0 Å². The highest BCUT2D eigenvalue weighted by molar-refractivity contribution is 5.84. The van der Waals surface area contributed by atoms with Gasteiger partial charge in [0, 0.05) is 6.54 Å². The molecule has 0 spiro atoms. The Balaban J connectivity index is 2.09. The zero-order chi connectivity index (χ0) is 15.5. The molecule has 0 aromatic heterocycles. The number of aliphatic hydroxyl groups is 1. The Labute approximate surface area is 122 Å². The molecule has 0 saturated heterocycles. The molecule has 0 heterocycles. The molecule has 1 aromatic rings. The molecule has 1 aliphatic rings. The number of rotatable bonds is 5. The standard InChI is InChI=1S/C15H20F2N2O2/c16-10-5-4-6-11(17)13(10)12(20)9-19-15(14(18)21)7-2-1-3-8-15/h4-6,12,19-20H,1-3,7-9H2,(H2,18,21). The van der Waals surface area contributed by atoms with Gasteiger partial charge in [-0.1, -0.05) is 25.3 Å². The number of β-amino-alcohol motifs (C(OH)–C–C–N with tert-alkyl or cyclic N) is 1. The van der Waals surface area contributed by atoms with Crippen molar-refractivity contribution < 1.29 is 18.7 Å². The highest BCUT2D eigenvalue weighted by Crippen LogP contribution is 2.29. The second-order valence-electron chi connectivity index (χ2n) is 5.54. The Morgan fingerprint density at radius 1 is 1.29 bits per heavy atom. The monoisotopic (exact) mass is 298 g/mol. The van der Waals surface area contributed by atoms with E-state index < -0.39 is 29.2 Å². The summed E-state index contributed by atoms with van der Waals surface area (Å²) in [6.07, 6.45) is 2.54. The average molecular weight is 298 g/mol. The van der Waals surface area contributed by atoms with Crippen molar-refractivity contribution in [2.45, 2.75) is 43.7 Å². The van der Waals surface area contributed by atoms with Crippen molar-refractivity contribution in [3.05, 3.63) is 35.4 Å². The first-order chi connectivity index (χ1) is 9.96. The molecule has 2 rings (SSSR count). The van der Waals surface area contributed by atoms with Gasteiger partial charge in [0.05, 0.1) is 17.2 Å². The number of benzene rings is 1. The van der Waals surface area contributed by atoms with Crippen LogP contribution < -0.4 is 11.1 Å². The zero-order valence-corrected chi connectivity index (χ0v) is 11.7. The molecule has 1 atom stereocenters. The van der Waals surface area contributed by atoms with Gasteiger partial charge in [-0.2, -0.15) is 0 Å². The summed E-state index contributed by atoms with van der Waals surface area (Å²) >= 11 is 0. The SMILES string of the molecule is NC(=O)C1(NCC(O)c2c(F)cccc2F)CCCCC1. The summed E-state index contributed by atoms with van der Waals surface area (Å²) in [5.74, 6) is -2.09. The lowest BCUT2D eigenvalue weighted by atomic mass is 9.81. The maximum atomic E-state index is 13.6. The van der Waals surface area contributed by atoms with Gasteiger partial charge in [-0.25, -0.2) is 8.78 Å². The molecule has 1 saturated carbocycles. The minimum atomic E-state index is -1.37. The van der Waals surface area contributed by atoms with E-state index in [9.17, 15) is 18.7 Å². The largest absolute Gasteiger partial charge is 0.387 e. The lowest BCUT2D eigenvalue weighted by Crippen LogP contribution is -2.57. The number of aliphatic hydroxyl groups excluding tert-OH is 1. The van der Waals surface area contributed by atoms with Crippen LogP contribution in [0.15, 0.2) is 18.2 Å². The van der Waals surface area contributed by atoms with Gasteiger partial charge in [0.1, 0.15) is 11.6 Å². The van der Waals surface area contributed by atoms with Crippen molar-refractivity contribution in [3.8, 4) is 0 Å². The zero-order valence-electron chi connectivity index (χ0n) is 11.7. The minimum absolute atomic E-state index is 0.124. The van der Waals surface area contributed by atoms with Crippen LogP contribution in [0.2, 0.25) is 0 Å². The summed E-state index contributed by atoms with van der Waals surface area (Å²) in [5, 5.41) is 12.9. The van der Waals surface area contributed by atoms with Gasteiger partial charge >= 0.3 is 0 Å². The molecule has 1 fully saturated rings. The molecular formula is C15H20F2N2O2. The Kier molecular flexibility index (Phi) is 4.90. The molecule has 21 heavy (non-hydrogen) atoms. The quantitative estimate of drug-likeness (QED) is 0.775. The Hall–Kier alpha value is -1.53. The number of hydrogen-bond acceptors (Lipinski definition) is 3. The molecule has 4 N–H and O–H groups in total. The van der Waals surface area contributed by atoms with Crippen molar-refractivity contribution in [3.63, 3.8) is 0 Å². The fraction of sp³-hybridized carbons (Fsp3) is 0.533. The molecule has 1 aliphatic carbocycles. The summed E-state index contributed by atoms with van der Waals surface area (Å²) in [6.45, 7) is -0.124. The third-order valence-corrected chi connectivity index (χ3v) is 4.15. The fourth-order valence-electron chi connectivity index (χ4n) is 2.89. The summed E-state index contributed by atoms with van der Waals surface area (Å²) in [7, 11) is 0. The number of hydrogen-bond donors (Lipinski definition) is 3. The summed E-state index contributed by atoms with van der Waals surface area (Å²) in [6, 6.07) is 3.42. The highest BCUT2D eigenvalue weighted by atomic mass is 19.1. The van der Waals surface area contributed by atoms with E-state index in [0.29, 0.717) is 12.8 Å². The maximum Gasteiger partial charge on any atom is 0.237 e. The molecule has 0 bridgehead atoms.